The van der Waals surface area contributed by atoms with Crippen LogP contribution in [0.2, 0.25) is 0 Å². The number of nitrogen functional groups attached to an aromatic ring is 1. The Morgan fingerprint density at radius 1 is 1.50 bits per heavy atom. The average Bonchev–Trinajstić information content (AvgIpc) is 2.69. The maximum atomic E-state index is 5.92. The van der Waals surface area contributed by atoms with Crippen LogP contribution in [0.3, 0.4) is 0 Å². The highest BCUT2D eigenvalue weighted by molar-refractivity contribution is 7.99. The summed E-state index contributed by atoms with van der Waals surface area (Å²) in [5, 5.41) is 8.30. The van der Waals surface area contributed by atoms with Crippen molar-refractivity contribution < 1.29 is 0 Å². The van der Waals surface area contributed by atoms with E-state index in [0.717, 1.165) is 28.7 Å². The van der Waals surface area contributed by atoms with Crippen LogP contribution in [0.15, 0.2) is 5.03 Å². The second kappa shape index (κ2) is 3.53. The van der Waals surface area contributed by atoms with Gasteiger partial charge in [-0.05, 0) is 5.75 Å². The van der Waals surface area contributed by atoms with Gasteiger partial charge in [0.2, 0.25) is 0 Å². The highest BCUT2D eigenvalue weighted by Gasteiger charge is 2.12. The molecule has 0 aromatic carbocycles. The molecule has 0 spiro atoms. The first-order valence-electron chi connectivity index (χ1n) is 4.62. The average molecular weight is 211 g/mol. The van der Waals surface area contributed by atoms with E-state index in [1.165, 1.54) is 0 Å². The number of H-pyrrole nitrogens is 1. The van der Waals surface area contributed by atoms with Gasteiger partial charge in [-0.3, -0.25) is 5.10 Å². The first-order valence-corrected chi connectivity index (χ1v) is 5.60. The van der Waals surface area contributed by atoms with Gasteiger partial charge in [0.1, 0.15) is 10.7 Å². The fourth-order valence-corrected chi connectivity index (χ4v) is 1.96. The number of anilines is 1. The van der Waals surface area contributed by atoms with Gasteiger partial charge in [-0.1, -0.05) is 13.8 Å². The molecule has 0 unspecified atom stereocenters. The summed E-state index contributed by atoms with van der Waals surface area (Å²) in [4.78, 5) is 4.32. The van der Waals surface area contributed by atoms with Crippen LogP contribution in [-0.2, 0) is 6.42 Å². The summed E-state index contributed by atoms with van der Waals surface area (Å²) in [6, 6.07) is 0. The molecule has 0 aliphatic carbocycles. The SMILES string of the molecule is CCSc1[nH]n2nc(CC)nc2c1N. The van der Waals surface area contributed by atoms with E-state index in [9.17, 15) is 0 Å². The van der Waals surface area contributed by atoms with Crippen LogP contribution < -0.4 is 5.73 Å². The Hall–Kier alpha value is -1.17. The summed E-state index contributed by atoms with van der Waals surface area (Å²) in [6.07, 6.45) is 0.825. The van der Waals surface area contributed by atoms with Gasteiger partial charge in [0.25, 0.3) is 0 Å². The predicted molar refractivity (Wildman–Crippen MR) is 57.5 cm³/mol. The summed E-state index contributed by atoms with van der Waals surface area (Å²) < 4.78 is 1.64. The van der Waals surface area contributed by atoms with Crippen molar-refractivity contribution in [3.63, 3.8) is 0 Å². The Morgan fingerprint density at radius 3 is 2.86 bits per heavy atom. The Bertz CT molecular complexity index is 444. The van der Waals surface area contributed by atoms with Crippen molar-refractivity contribution >= 4 is 23.1 Å². The van der Waals surface area contributed by atoms with Crippen LogP contribution in [0.4, 0.5) is 5.69 Å². The fraction of sp³-hybridized carbons (Fsp3) is 0.500. The largest absolute Gasteiger partial charge is 0.393 e. The Morgan fingerprint density at radius 2 is 2.29 bits per heavy atom. The van der Waals surface area contributed by atoms with Crippen molar-refractivity contribution in [2.75, 3.05) is 11.5 Å². The quantitative estimate of drug-likeness (QED) is 0.751. The van der Waals surface area contributed by atoms with Gasteiger partial charge < -0.3 is 5.73 Å². The maximum absolute atomic E-state index is 5.92. The predicted octanol–water partition coefficient (Wildman–Crippen LogP) is 1.31. The third kappa shape index (κ3) is 1.35. The van der Waals surface area contributed by atoms with E-state index >= 15 is 0 Å². The second-order valence-electron chi connectivity index (χ2n) is 2.90. The van der Waals surface area contributed by atoms with Gasteiger partial charge >= 0.3 is 0 Å². The number of fused-ring (bicyclic) bond motifs is 1. The summed E-state index contributed by atoms with van der Waals surface area (Å²) in [7, 11) is 0. The number of aromatic amines is 1. The molecule has 0 amide bonds. The second-order valence-corrected chi connectivity index (χ2v) is 4.18. The molecule has 0 saturated heterocycles. The van der Waals surface area contributed by atoms with Gasteiger partial charge in [0.05, 0.1) is 0 Å². The third-order valence-corrected chi connectivity index (χ3v) is 2.84. The summed E-state index contributed by atoms with van der Waals surface area (Å²) in [6.45, 7) is 4.10. The molecule has 0 fully saturated rings. The zero-order valence-corrected chi connectivity index (χ0v) is 9.06. The molecule has 0 aliphatic rings. The molecule has 14 heavy (non-hydrogen) atoms. The molecule has 0 bridgehead atoms. The molecule has 76 valence electrons. The smallest absolute Gasteiger partial charge is 0.199 e. The molecular formula is C8H13N5S. The van der Waals surface area contributed by atoms with Crippen LogP contribution in [0, 0.1) is 0 Å². The standard InChI is InChI=1S/C8H13N5S/c1-3-5-10-7-6(9)8(14-4-2)12-13(7)11-5/h12H,3-4,9H2,1-2H3. The van der Waals surface area contributed by atoms with Crippen molar-refractivity contribution in [2.45, 2.75) is 25.3 Å². The normalized spacial score (nSPS) is 11.3. The number of hydrogen-bond acceptors (Lipinski definition) is 4. The Balaban J connectivity index is 2.49. The monoisotopic (exact) mass is 211 g/mol. The highest BCUT2D eigenvalue weighted by atomic mass is 32.2. The number of nitrogens with zero attached hydrogens (tertiary/aromatic N) is 3. The van der Waals surface area contributed by atoms with Crippen molar-refractivity contribution in [2.24, 2.45) is 0 Å². The molecule has 3 N–H and O–H groups in total. The fourth-order valence-electron chi connectivity index (χ4n) is 1.27. The molecular weight excluding hydrogens is 198 g/mol. The molecule has 6 heteroatoms. The molecule has 2 aromatic rings. The molecule has 2 rings (SSSR count). The topological polar surface area (TPSA) is 72.0 Å². The molecule has 0 saturated carbocycles. The maximum Gasteiger partial charge on any atom is 0.199 e. The summed E-state index contributed by atoms with van der Waals surface area (Å²) >= 11 is 1.66. The number of hydrogen-bond donors (Lipinski definition) is 2. The van der Waals surface area contributed by atoms with E-state index in [2.05, 4.69) is 22.1 Å². The number of nitrogens with one attached hydrogen (secondary N) is 1. The van der Waals surface area contributed by atoms with Gasteiger partial charge in [-0.25, -0.2) is 4.98 Å². The van der Waals surface area contributed by atoms with Gasteiger partial charge in [0.15, 0.2) is 11.5 Å². The minimum atomic E-state index is 0.698. The van der Waals surface area contributed by atoms with Crippen molar-refractivity contribution in [1.29, 1.82) is 0 Å². The van der Waals surface area contributed by atoms with Crippen molar-refractivity contribution in [1.82, 2.24) is 19.8 Å². The molecule has 0 aliphatic heterocycles. The van der Waals surface area contributed by atoms with E-state index in [0.29, 0.717) is 5.69 Å². The first kappa shape index (κ1) is 9.39. The number of nitrogens with two attached hydrogens (primary N) is 1. The lowest BCUT2D eigenvalue weighted by Crippen LogP contribution is -1.90. The zero-order chi connectivity index (χ0) is 10.1. The van der Waals surface area contributed by atoms with Crippen LogP contribution >= 0.6 is 11.8 Å². The third-order valence-electron chi connectivity index (χ3n) is 1.95. The van der Waals surface area contributed by atoms with Crippen molar-refractivity contribution in [3.8, 4) is 0 Å². The molecule has 2 aromatic heterocycles. The van der Waals surface area contributed by atoms with E-state index in [4.69, 9.17) is 5.73 Å². The van der Waals surface area contributed by atoms with E-state index in [-0.39, 0.29) is 0 Å². The van der Waals surface area contributed by atoms with Gasteiger partial charge in [0, 0.05) is 6.42 Å². The zero-order valence-electron chi connectivity index (χ0n) is 8.24. The van der Waals surface area contributed by atoms with Crippen molar-refractivity contribution in [3.05, 3.63) is 5.82 Å². The lowest BCUT2D eigenvalue weighted by molar-refractivity contribution is 0.761. The van der Waals surface area contributed by atoms with Crippen LogP contribution in [0.1, 0.15) is 19.7 Å². The van der Waals surface area contributed by atoms with Crippen LogP contribution in [-0.4, -0.2) is 25.6 Å². The minimum Gasteiger partial charge on any atom is -0.393 e. The number of aromatic nitrogens is 4. The summed E-state index contributed by atoms with van der Waals surface area (Å²) in [5.41, 5.74) is 7.35. The highest BCUT2D eigenvalue weighted by Crippen LogP contribution is 2.26. The molecule has 2 heterocycles. The molecule has 0 radical (unpaired) electrons. The number of thioether (sulfide) groups is 1. The van der Waals surface area contributed by atoms with Crippen LogP contribution in [0.25, 0.3) is 5.65 Å². The van der Waals surface area contributed by atoms with Gasteiger partial charge in [-0.15, -0.1) is 16.9 Å². The molecule has 0 atom stereocenters. The lowest BCUT2D eigenvalue weighted by Gasteiger charge is -1.93. The minimum absolute atomic E-state index is 0.698. The lowest BCUT2D eigenvalue weighted by atomic mass is 10.5. The van der Waals surface area contributed by atoms with E-state index < -0.39 is 0 Å². The van der Waals surface area contributed by atoms with E-state index in [1.807, 2.05) is 6.92 Å². The number of aryl methyl sites for hydroxylation is 1. The molecule has 5 nitrogen and oxygen atoms in total. The van der Waals surface area contributed by atoms with Gasteiger partial charge in [-0.2, -0.15) is 4.63 Å². The Kier molecular flexibility index (Phi) is 2.37. The van der Waals surface area contributed by atoms with E-state index in [1.54, 1.807) is 16.4 Å². The number of rotatable bonds is 3. The summed E-state index contributed by atoms with van der Waals surface area (Å²) in [5.74, 6) is 1.80. The first-order chi connectivity index (χ1) is 6.76. The van der Waals surface area contributed by atoms with Crippen LogP contribution in [0.5, 0.6) is 0 Å². The Labute approximate surface area is 86.1 Å².